The first-order valence-electron chi connectivity index (χ1n) is 9.89. The number of hydrogen-bond acceptors (Lipinski definition) is 4. The van der Waals surface area contributed by atoms with Gasteiger partial charge in [-0.05, 0) is 41.2 Å². The maximum atomic E-state index is 5.83. The van der Waals surface area contributed by atoms with Crippen LogP contribution in [0.2, 0.25) is 0 Å². The molecule has 148 valence electrons. The van der Waals surface area contributed by atoms with Gasteiger partial charge in [-0.25, -0.2) is 9.97 Å². The molecule has 0 fully saturated rings. The number of aryl methyl sites for hydroxylation is 1. The summed E-state index contributed by atoms with van der Waals surface area (Å²) < 4.78 is 11.6. The predicted molar refractivity (Wildman–Crippen MR) is 110 cm³/mol. The molecular formula is C23H34N2O2. The van der Waals surface area contributed by atoms with Crippen molar-refractivity contribution in [1.29, 1.82) is 0 Å². The van der Waals surface area contributed by atoms with Crippen LogP contribution in [0.1, 0.15) is 65.0 Å². The van der Waals surface area contributed by atoms with Crippen LogP contribution in [0, 0.1) is 11.3 Å². The highest BCUT2D eigenvalue weighted by molar-refractivity contribution is 5.20. The van der Waals surface area contributed by atoms with Gasteiger partial charge in [0.2, 0.25) is 11.8 Å². The molecule has 0 aromatic carbocycles. The maximum Gasteiger partial charge on any atom is 0.213 e. The SMILES string of the molecule is CC(CCc1ccc(OCC(C)(C)C)nc1)COc1ccc(C(C)C)cn1. The van der Waals surface area contributed by atoms with Gasteiger partial charge in [0.05, 0.1) is 13.2 Å². The average Bonchev–Trinajstić information content (AvgIpc) is 2.63. The van der Waals surface area contributed by atoms with E-state index < -0.39 is 0 Å². The van der Waals surface area contributed by atoms with Crippen molar-refractivity contribution in [2.75, 3.05) is 13.2 Å². The molecule has 4 nitrogen and oxygen atoms in total. The molecule has 2 rings (SSSR count). The standard InChI is InChI=1S/C23H34N2O2/c1-17(2)20-10-12-21(25-14-20)26-15-18(3)7-8-19-9-11-22(24-13-19)27-16-23(4,5)6/h9-14,17-18H,7-8,15-16H2,1-6H3. The van der Waals surface area contributed by atoms with Crippen molar-refractivity contribution >= 4 is 0 Å². The summed E-state index contributed by atoms with van der Waals surface area (Å²) in [6.07, 6.45) is 5.85. The summed E-state index contributed by atoms with van der Waals surface area (Å²) in [4.78, 5) is 8.80. The quantitative estimate of drug-likeness (QED) is 0.570. The van der Waals surface area contributed by atoms with Crippen molar-refractivity contribution in [3.05, 3.63) is 47.8 Å². The third kappa shape index (κ3) is 7.98. The van der Waals surface area contributed by atoms with Crippen molar-refractivity contribution in [3.63, 3.8) is 0 Å². The monoisotopic (exact) mass is 370 g/mol. The largest absolute Gasteiger partial charge is 0.477 e. The molecule has 0 bridgehead atoms. The van der Waals surface area contributed by atoms with Gasteiger partial charge in [-0.2, -0.15) is 0 Å². The summed E-state index contributed by atoms with van der Waals surface area (Å²) >= 11 is 0. The van der Waals surface area contributed by atoms with Gasteiger partial charge in [-0.1, -0.05) is 53.7 Å². The molecule has 0 aliphatic carbocycles. The average molecular weight is 371 g/mol. The van der Waals surface area contributed by atoms with E-state index in [9.17, 15) is 0 Å². The Bertz CT molecular complexity index is 673. The summed E-state index contributed by atoms with van der Waals surface area (Å²) in [7, 11) is 0. The van der Waals surface area contributed by atoms with E-state index in [1.165, 1.54) is 11.1 Å². The first-order chi connectivity index (χ1) is 12.7. The highest BCUT2D eigenvalue weighted by Gasteiger charge is 2.11. The number of aromatic nitrogens is 2. The molecular weight excluding hydrogens is 336 g/mol. The molecule has 0 saturated carbocycles. The van der Waals surface area contributed by atoms with Crippen molar-refractivity contribution < 1.29 is 9.47 Å². The highest BCUT2D eigenvalue weighted by atomic mass is 16.5. The Hall–Kier alpha value is -2.10. The fourth-order valence-electron chi connectivity index (χ4n) is 2.48. The van der Waals surface area contributed by atoms with E-state index in [-0.39, 0.29) is 5.41 Å². The normalized spacial score (nSPS) is 12.9. The van der Waals surface area contributed by atoms with Crippen LogP contribution >= 0.6 is 0 Å². The molecule has 2 aromatic heterocycles. The van der Waals surface area contributed by atoms with Crippen molar-refractivity contribution in [1.82, 2.24) is 9.97 Å². The smallest absolute Gasteiger partial charge is 0.213 e. The molecule has 0 spiro atoms. The van der Waals surface area contributed by atoms with Gasteiger partial charge in [0.15, 0.2) is 0 Å². The summed E-state index contributed by atoms with van der Waals surface area (Å²) in [6, 6.07) is 8.11. The topological polar surface area (TPSA) is 44.2 Å². The van der Waals surface area contributed by atoms with Gasteiger partial charge in [0.1, 0.15) is 0 Å². The second-order valence-electron chi connectivity index (χ2n) is 8.89. The molecule has 0 amide bonds. The second kappa shape index (κ2) is 9.72. The zero-order valence-electron chi connectivity index (χ0n) is 17.7. The van der Waals surface area contributed by atoms with Gasteiger partial charge >= 0.3 is 0 Å². The van der Waals surface area contributed by atoms with Crippen LogP contribution in [0.5, 0.6) is 11.8 Å². The number of hydrogen-bond donors (Lipinski definition) is 0. The Morgan fingerprint density at radius 2 is 1.56 bits per heavy atom. The molecule has 1 atom stereocenters. The third-order valence-electron chi connectivity index (χ3n) is 4.32. The Morgan fingerprint density at radius 1 is 0.889 bits per heavy atom. The van der Waals surface area contributed by atoms with Crippen LogP contribution in [0.25, 0.3) is 0 Å². The molecule has 0 aliphatic rings. The Balaban J connectivity index is 1.72. The molecule has 2 heterocycles. The van der Waals surface area contributed by atoms with E-state index in [1.54, 1.807) is 0 Å². The Labute approximate surface area is 164 Å². The van der Waals surface area contributed by atoms with E-state index >= 15 is 0 Å². The lowest BCUT2D eigenvalue weighted by molar-refractivity contribution is 0.191. The van der Waals surface area contributed by atoms with Gasteiger partial charge < -0.3 is 9.47 Å². The van der Waals surface area contributed by atoms with Crippen LogP contribution in [0.15, 0.2) is 36.7 Å². The van der Waals surface area contributed by atoms with Crippen LogP contribution in [-0.2, 0) is 6.42 Å². The number of nitrogens with zero attached hydrogens (tertiary/aromatic N) is 2. The van der Waals surface area contributed by atoms with E-state index in [4.69, 9.17) is 9.47 Å². The molecule has 4 heteroatoms. The molecule has 0 radical (unpaired) electrons. The first-order valence-corrected chi connectivity index (χ1v) is 9.89. The van der Waals surface area contributed by atoms with E-state index in [1.807, 2.05) is 24.5 Å². The van der Waals surface area contributed by atoms with Gasteiger partial charge in [-0.3, -0.25) is 0 Å². The second-order valence-corrected chi connectivity index (χ2v) is 8.89. The minimum Gasteiger partial charge on any atom is -0.477 e. The fourth-order valence-corrected chi connectivity index (χ4v) is 2.48. The Morgan fingerprint density at radius 3 is 2.11 bits per heavy atom. The van der Waals surface area contributed by atoms with Crippen LogP contribution < -0.4 is 9.47 Å². The van der Waals surface area contributed by atoms with E-state index in [0.29, 0.717) is 36.8 Å². The molecule has 1 unspecified atom stereocenters. The molecule has 0 aliphatic heterocycles. The van der Waals surface area contributed by atoms with Gasteiger partial charge in [0, 0.05) is 24.5 Å². The minimum atomic E-state index is 0.139. The van der Waals surface area contributed by atoms with Gasteiger partial charge in [-0.15, -0.1) is 0 Å². The molecule has 27 heavy (non-hydrogen) atoms. The maximum absolute atomic E-state index is 5.83. The fraction of sp³-hybridized carbons (Fsp3) is 0.565. The summed E-state index contributed by atoms with van der Waals surface area (Å²) in [5, 5.41) is 0. The zero-order chi connectivity index (χ0) is 19.9. The van der Waals surface area contributed by atoms with Crippen LogP contribution in [-0.4, -0.2) is 23.2 Å². The van der Waals surface area contributed by atoms with Gasteiger partial charge in [0.25, 0.3) is 0 Å². The zero-order valence-corrected chi connectivity index (χ0v) is 17.7. The minimum absolute atomic E-state index is 0.139. The molecule has 0 saturated heterocycles. The number of pyridine rings is 2. The molecule has 0 N–H and O–H groups in total. The third-order valence-corrected chi connectivity index (χ3v) is 4.32. The molecule has 2 aromatic rings. The lowest BCUT2D eigenvalue weighted by Gasteiger charge is -2.18. The van der Waals surface area contributed by atoms with Crippen LogP contribution in [0.4, 0.5) is 0 Å². The first kappa shape index (κ1) is 21.2. The lowest BCUT2D eigenvalue weighted by Crippen LogP contribution is -2.17. The lowest BCUT2D eigenvalue weighted by atomic mass is 9.99. The van der Waals surface area contributed by atoms with E-state index in [2.05, 4.69) is 63.6 Å². The summed E-state index contributed by atoms with van der Waals surface area (Å²) in [6.45, 7) is 14.3. The summed E-state index contributed by atoms with van der Waals surface area (Å²) in [5.41, 5.74) is 2.60. The van der Waals surface area contributed by atoms with Crippen molar-refractivity contribution in [3.8, 4) is 11.8 Å². The van der Waals surface area contributed by atoms with Crippen molar-refractivity contribution in [2.45, 2.75) is 60.3 Å². The van der Waals surface area contributed by atoms with Crippen LogP contribution in [0.3, 0.4) is 0 Å². The van der Waals surface area contributed by atoms with E-state index in [0.717, 1.165) is 12.8 Å². The predicted octanol–water partition coefficient (Wildman–Crippen LogP) is 5.67. The number of rotatable bonds is 9. The van der Waals surface area contributed by atoms with Crippen molar-refractivity contribution in [2.24, 2.45) is 11.3 Å². The Kier molecular flexibility index (Phi) is 7.64. The highest BCUT2D eigenvalue weighted by Crippen LogP contribution is 2.18. The summed E-state index contributed by atoms with van der Waals surface area (Å²) in [5.74, 6) is 2.34. The number of ether oxygens (including phenoxy) is 2.